The van der Waals surface area contributed by atoms with E-state index in [4.69, 9.17) is 0 Å². The Hall–Kier alpha value is -3.70. The third-order valence-corrected chi connectivity index (χ3v) is 5.06. The van der Waals surface area contributed by atoms with Crippen LogP contribution in [-0.2, 0) is 24.1 Å². The summed E-state index contributed by atoms with van der Waals surface area (Å²) in [4.78, 5) is 26.4. The molecule has 3 aromatic rings. The van der Waals surface area contributed by atoms with Gasteiger partial charge in [0.2, 0.25) is 11.9 Å². The number of nitrogens with zero attached hydrogens (tertiary/aromatic N) is 6. The minimum atomic E-state index is -4.46. The van der Waals surface area contributed by atoms with Crippen LogP contribution in [0.4, 0.5) is 30.6 Å². The molecule has 174 valence electrons. The van der Waals surface area contributed by atoms with E-state index < -0.39 is 11.9 Å². The molecule has 1 amide bonds. The zero-order chi connectivity index (χ0) is 23.6. The second kappa shape index (κ2) is 9.04. The fourth-order valence-electron chi connectivity index (χ4n) is 3.53. The summed E-state index contributed by atoms with van der Waals surface area (Å²) in [6.45, 7) is 5.52. The summed E-state index contributed by atoms with van der Waals surface area (Å²) >= 11 is 0. The van der Waals surface area contributed by atoms with E-state index in [-0.39, 0.29) is 12.5 Å². The summed E-state index contributed by atoms with van der Waals surface area (Å²) in [5, 5.41) is 10.3. The molecule has 9 nitrogen and oxygen atoms in total. The van der Waals surface area contributed by atoms with Gasteiger partial charge >= 0.3 is 6.18 Å². The van der Waals surface area contributed by atoms with E-state index in [1.54, 1.807) is 17.1 Å². The Kier molecular flexibility index (Phi) is 6.16. The van der Waals surface area contributed by atoms with Gasteiger partial charge in [-0.15, -0.1) is 0 Å². The standard InChI is InChI=1S/C21H23F3N8O/c1-3-6-31-12-17(33)29-18-13(2)28-20(30-19(18)31)26-8-15-9-27-32(11-15)10-14-4-5-16(25-7-14)21(22,23)24/h4-5,7,9,11H,3,6,8,10,12H2,1-2H3,(H,29,33)(H,26,28,30). The van der Waals surface area contributed by atoms with Crippen LogP contribution in [0.3, 0.4) is 0 Å². The van der Waals surface area contributed by atoms with Crippen molar-refractivity contribution in [3.05, 3.63) is 53.2 Å². The van der Waals surface area contributed by atoms with Crippen LogP contribution in [0.15, 0.2) is 30.7 Å². The van der Waals surface area contributed by atoms with E-state index in [1.807, 2.05) is 18.7 Å². The van der Waals surface area contributed by atoms with Crippen molar-refractivity contribution < 1.29 is 18.0 Å². The molecular formula is C21H23F3N8O. The Morgan fingerprint density at radius 1 is 1.18 bits per heavy atom. The number of carbonyl (C=O) groups is 1. The first kappa shape index (κ1) is 22.5. The van der Waals surface area contributed by atoms with E-state index in [0.29, 0.717) is 48.3 Å². The van der Waals surface area contributed by atoms with Crippen LogP contribution >= 0.6 is 0 Å². The van der Waals surface area contributed by atoms with Crippen LogP contribution in [-0.4, -0.2) is 43.7 Å². The van der Waals surface area contributed by atoms with Crippen molar-refractivity contribution >= 4 is 23.4 Å². The normalized spacial score (nSPS) is 13.6. The quantitative estimate of drug-likeness (QED) is 0.558. The first-order valence-electron chi connectivity index (χ1n) is 10.4. The number of amides is 1. The molecule has 33 heavy (non-hydrogen) atoms. The highest BCUT2D eigenvalue weighted by Crippen LogP contribution is 2.31. The monoisotopic (exact) mass is 460 g/mol. The fourth-order valence-corrected chi connectivity index (χ4v) is 3.53. The molecule has 0 radical (unpaired) electrons. The molecular weight excluding hydrogens is 437 g/mol. The Morgan fingerprint density at radius 3 is 2.70 bits per heavy atom. The lowest BCUT2D eigenvalue weighted by Crippen LogP contribution is -2.40. The van der Waals surface area contributed by atoms with E-state index in [1.165, 1.54) is 12.3 Å². The number of hydrogen-bond donors (Lipinski definition) is 2. The van der Waals surface area contributed by atoms with Gasteiger partial charge in [0.25, 0.3) is 0 Å². The highest BCUT2D eigenvalue weighted by atomic mass is 19.4. The molecule has 0 aromatic carbocycles. The zero-order valence-corrected chi connectivity index (χ0v) is 18.1. The molecule has 0 saturated heterocycles. The molecule has 1 aliphatic rings. The largest absolute Gasteiger partial charge is 0.433 e. The molecule has 2 N–H and O–H groups in total. The SMILES string of the molecule is CCCN1CC(=O)Nc2c(C)nc(NCc3cnn(Cc4ccc(C(F)(F)F)nc4)c3)nc21. The maximum absolute atomic E-state index is 12.7. The summed E-state index contributed by atoms with van der Waals surface area (Å²) < 4.78 is 39.6. The van der Waals surface area contributed by atoms with Crippen LogP contribution < -0.4 is 15.5 Å². The lowest BCUT2D eigenvalue weighted by molar-refractivity contribution is -0.141. The molecule has 0 fully saturated rings. The van der Waals surface area contributed by atoms with Gasteiger partial charge < -0.3 is 15.5 Å². The number of rotatable bonds is 7. The number of hydrogen-bond acceptors (Lipinski definition) is 7. The van der Waals surface area contributed by atoms with Gasteiger partial charge in [-0.2, -0.15) is 23.3 Å². The average molecular weight is 460 g/mol. The van der Waals surface area contributed by atoms with Crippen LogP contribution in [0, 0.1) is 6.92 Å². The molecule has 1 aliphatic heterocycles. The van der Waals surface area contributed by atoms with Crippen molar-refractivity contribution in [2.75, 3.05) is 28.6 Å². The van der Waals surface area contributed by atoms with Crippen molar-refractivity contribution in [1.29, 1.82) is 0 Å². The van der Waals surface area contributed by atoms with Crippen LogP contribution in [0.5, 0.6) is 0 Å². The van der Waals surface area contributed by atoms with Gasteiger partial charge in [-0.05, 0) is 25.0 Å². The smallest absolute Gasteiger partial charge is 0.350 e. The average Bonchev–Trinajstić information content (AvgIpc) is 3.20. The summed E-state index contributed by atoms with van der Waals surface area (Å²) in [5.74, 6) is 1.04. The Labute approximate surface area is 188 Å². The predicted octanol–water partition coefficient (Wildman–Crippen LogP) is 3.22. The summed E-state index contributed by atoms with van der Waals surface area (Å²) in [6, 6.07) is 2.35. The van der Waals surface area contributed by atoms with Gasteiger partial charge in [0.1, 0.15) is 11.4 Å². The molecule has 4 heterocycles. The lowest BCUT2D eigenvalue weighted by Gasteiger charge is -2.30. The Balaban J connectivity index is 1.42. The topological polar surface area (TPSA) is 101 Å². The highest BCUT2D eigenvalue weighted by molar-refractivity contribution is 6.01. The van der Waals surface area contributed by atoms with Crippen LogP contribution in [0.25, 0.3) is 0 Å². The summed E-state index contributed by atoms with van der Waals surface area (Å²) in [5.41, 5.74) is 1.84. The van der Waals surface area contributed by atoms with Gasteiger partial charge in [-0.1, -0.05) is 13.0 Å². The van der Waals surface area contributed by atoms with Crippen molar-refractivity contribution in [2.45, 2.75) is 39.5 Å². The molecule has 0 bridgehead atoms. The molecule has 12 heteroatoms. The number of pyridine rings is 1. The molecule has 0 saturated carbocycles. The number of anilines is 3. The van der Waals surface area contributed by atoms with E-state index in [0.717, 1.165) is 18.1 Å². The van der Waals surface area contributed by atoms with Crippen LogP contribution in [0.2, 0.25) is 0 Å². The van der Waals surface area contributed by atoms with E-state index >= 15 is 0 Å². The highest BCUT2D eigenvalue weighted by Gasteiger charge is 2.32. The summed E-state index contributed by atoms with van der Waals surface area (Å²) in [6.07, 6.45) is 1.08. The van der Waals surface area contributed by atoms with Gasteiger partial charge in [0.05, 0.1) is 25.0 Å². The molecule has 0 unspecified atom stereocenters. The first-order valence-corrected chi connectivity index (χ1v) is 10.4. The number of aromatic nitrogens is 5. The maximum atomic E-state index is 12.7. The van der Waals surface area contributed by atoms with Crippen molar-refractivity contribution in [3.63, 3.8) is 0 Å². The van der Waals surface area contributed by atoms with Crippen LogP contribution in [0.1, 0.15) is 35.9 Å². The van der Waals surface area contributed by atoms with Gasteiger partial charge in [0.15, 0.2) is 5.82 Å². The minimum absolute atomic E-state index is 0.0842. The molecule has 4 rings (SSSR count). The number of alkyl halides is 3. The number of nitrogens with one attached hydrogen (secondary N) is 2. The van der Waals surface area contributed by atoms with Gasteiger partial charge in [-0.3, -0.25) is 14.5 Å². The maximum Gasteiger partial charge on any atom is 0.433 e. The van der Waals surface area contributed by atoms with E-state index in [2.05, 4.69) is 30.7 Å². The number of fused-ring (bicyclic) bond motifs is 1. The fraction of sp³-hybridized carbons (Fsp3) is 0.381. The lowest BCUT2D eigenvalue weighted by atomic mass is 10.2. The zero-order valence-electron chi connectivity index (χ0n) is 18.1. The second-order valence-electron chi connectivity index (χ2n) is 7.75. The van der Waals surface area contributed by atoms with Gasteiger partial charge in [0, 0.05) is 31.0 Å². The number of halogens is 3. The second-order valence-corrected chi connectivity index (χ2v) is 7.75. The third-order valence-electron chi connectivity index (χ3n) is 5.06. The van der Waals surface area contributed by atoms with Crippen molar-refractivity contribution in [3.8, 4) is 0 Å². The minimum Gasteiger partial charge on any atom is -0.350 e. The van der Waals surface area contributed by atoms with E-state index in [9.17, 15) is 18.0 Å². The Morgan fingerprint density at radius 2 is 2.00 bits per heavy atom. The molecule has 0 aliphatic carbocycles. The molecule has 3 aromatic heterocycles. The number of carbonyl (C=O) groups excluding carboxylic acids is 1. The molecule has 0 spiro atoms. The Bertz CT molecular complexity index is 1140. The number of aryl methyl sites for hydroxylation is 1. The van der Waals surface area contributed by atoms with Gasteiger partial charge in [-0.25, -0.2) is 4.98 Å². The van der Waals surface area contributed by atoms with Crippen molar-refractivity contribution in [2.24, 2.45) is 0 Å². The molecule has 0 atom stereocenters. The summed E-state index contributed by atoms with van der Waals surface area (Å²) in [7, 11) is 0. The predicted molar refractivity (Wildman–Crippen MR) is 116 cm³/mol. The third kappa shape index (κ3) is 5.21. The van der Waals surface area contributed by atoms with Crippen molar-refractivity contribution in [1.82, 2.24) is 24.7 Å². The first-order chi connectivity index (χ1) is 15.7.